The molecule has 0 aliphatic heterocycles. The average Bonchev–Trinajstić information content (AvgIpc) is 3.01. The van der Waals surface area contributed by atoms with E-state index in [1.165, 1.54) is 12.1 Å². The van der Waals surface area contributed by atoms with Crippen molar-refractivity contribution >= 4 is 32.7 Å². The number of amides is 1. The monoisotopic (exact) mass is 443 g/mol. The third-order valence-electron chi connectivity index (χ3n) is 5.05. The molecule has 2 aromatic heterocycles. The van der Waals surface area contributed by atoms with Gasteiger partial charge in [0, 0.05) is 25.0 Å². The van der Waals surface area contributed by atoms with Gasteiger partial charge in [-0.15, -0.1) is 0 Å². The van der Waals surface area contributed by atoms with Gasteiger partial charge in [-0.05, 0) is 43.5 Å². The molecule has 0 radical (unpaired) electrons. The number of sulfonamides is 1. The SMILES string of the molecule is CCCCNS(=O)(=O)c1cccc(NC(=O)c2cc(C(C)C)nc3c2c(C)nn3C)c1. The lowest BCUT2D eigenvalue weighted by atomic mass is 10.0. The minimum Gasteiger partial charge on any atom is -0.322 e. The van der Waals surface area contributed by atoms with E-state index in [0.29, 0.717) is 34.5 Å². The number of carbonyl (C=O) groups is 1. The Bertz CT molecular complexity index is 1220. The smallest absolute Gasteiger partial charge is 0.256 e. The molecule has 0 unspecified atom stereocenters. The Morgan fingerprint density at radius 2 is 1.97 bits per heavy atom. The fourth-order valence-electron chi connectivity index (χ4n) is 3.35. The molecule has 0 aliphatic carbocycles. The Labute approximate surface area is 183 Å². The van der Waals surface area contributed by atoms with E-state index in [9.17, 15) is 13.2 Å². The summed E-state index contributed by atoms with van der Waals surface area (Å²) < 4.78 is 29.3. The molecule has 166 valence electrons. The molecule has 3 rings (SSSR count). The molecule has 8 nitrogen and oxygen atoms in total. The minimum absolute atomic E-state index is 0.113. The Kier molecular flexibility index (Phi) is 6.76. The van der Waals surface area contributed by atoms with Crippen molar-refractivity contribution in [3.05, 3.63) is 47.3 Å². The summed E-state index contributed by atoms with van der Waals surface area (Å²) in [5.74, 6) is -0.201. The molecule has 0 saturated heterocycles. The molecular weight excluding hydrogens is 414 g/mol. The molecule has 0 aliphatic rings. The zero-order valence-corrected chi connectivity index (χ0v) is 19.4. The molecule has 1 aromatic carbocycles. The number of fused-ring (bicyclic) bond motifs is 1. The Morgan fingerprint density at radius 1 is 1.23 bits per heavy atom. The van der Waals surface area contributed by atoms with Gasteiger partial charge in [0.15, 0.2) is 5.65 Å². The van der Waals surface area contributed by atoms with Crippen molar-refractivity contribution < 1.29 is 13.2 Å². The van der Waals surface area contributed by atoms with Gasteiger partial charge in [0.1, 0.15) is 0 Å². The number of benzene rings is 1. The van der Waals surface area contributed by atoms with Gasteiger partial charge in [0.25, 0.3) is 5.91 Å². The molecule has 2 N–H and O–H groups in total. The quantitative estimate of drug-likeness (QED) is 0.516. The van der Waals surface area contributed by atoms with Crippen LogP contribution in [-0.2, 0) is 17.1 Å². The molecule has 0 fully saturated rings. The highest BCUT2D eigenvalue weighted by Crippen LogP contribution is 2.26. The van der Waals surface area contributed by atoms with E-state index in [1.54, 1.807) is 29.9 Å². The van der Waals surface area contributed by atoms with Crippen LogP contribution in [0, 0.1) is 6.92 Å². The molecule has 0 bridgehead atoms. The first-order valence-corrected chi connectivity index (χ1v) is 11.9. The lowest BCUT2D eigenvalue weighted by Crippen LogP contribution is -2.24. The zero-order valence-electron chi connectivity index (χ0n) is 18.6. The van der Waals surface area contributed by atoms with Crippen LogP contribution in [0.2, 0.25) is 0 Å². The first kappa shape index (κ1) is 22.9. The van der Waals surface area contributed by atoms with Gasteiger partial charge < -0.3 is 5.32 Å². The van der Waals surface area contributed by atoms with E-state index in [-0.39, 0.29) is 16.7 Å². The number of nitrogens with zero attached hydrogens (tertiary/aromatic N) is 3. The molecule has 31 heavy (non-hydrogen) atoms. The first-order chi connectivity index (χ1) is 14.6. The van der Waals surface area contributed by atoms with Crippen molar-refractivity contribution in [3.63, 3.8) is 0 Å². The van der Waals surface area contributed by atoms with Crippen LogP contribution in [0.5, 0.6) is 0 Å². The lowest BCUT2D eigenvalue weighted by Gasteiger charge is -2.12. The predicted octanol–water partition coefficient (Wildman–Crippen LogP) is 3.73. The maximum absolute atomic E-state index is 13.2. The summed E-state index contributed by atoms with van der Waals surface area (Å²) in [7, 11) is -1.84. The van der Waals surface area contributed by atoms with Crippen LogP contribution in [0.1, 0.15) is 61.3 Å². The van der Waals surface area contributed by atoms with Crippen LogP contribution in [-0.4, -0.2) is 35.6 Å². The second-order valence-corrected chi connectivity index (χ2v) is 9.66. The van der Waals surface area contributed by atoms with Gasteiger partial charge in [-0.1, -0.05) is 33.3 Å². The van der Waals surface area contributed by atoms with Crippen molar-refractivity contribution in [2.45, 2.75) is 51.3 Å². The summed E-state index contributed by atoms with van der Waals surface area (Å²) >= 11 is 0. The first-order valence-electron chi connectivity index (χ1n) is 10.4. The topological polar surface area (TPSA) is 106 Å². The van der Waals surface area contributed by atoms with Crippen LogP contribution in [0.25, 0.3) is 11.0 Å². The number of aromatic nitrogens is 3. The highest BCUT2D eigenvalue weighted by Gasteiger charge is 2.20. The lowest BCUT2D eigenvalue weighted by molar-refractivity contribution is 0.102. The van der Waals surface area contributed by atoms with E-state index in [0.717, 1.165) is 18.5 Å². The normalized spacial score (nSPS) is 11.9. The van der Waals surface area contributed by atoms with Crippen molar-refractivity contribution in [1.82, 2.24) is 19.5 Å². The number of hydrogen-bond acceptors (Lipinski definition) is 5. The zero-order chi connectivity index (χ0) is 22.8. The molecule has 3 aromatic rings. The summed E-state index contributed by atoms with van der Waals surface area (Å²) in [6.07, 6.45) is 1.65. The number of unbranched alkanes of at least 4 members (excludes halogenated alkanes) is 1. The summed E-state index contributed by atoms with van der Waals surface area (Å²) in [5.41, 5.74) is 3.01. The van der Waals surface area contributed by atoms with Crippen LogP contribution in [0.4, 0.5) is 5.69 Å². The Hall–Kier alpha value is -2.78. The van der Waals surface area contributed by atoms with E-state index in [4.69, 9.17) is 0 Å². The minimum atomic E-state index is -3.64. The summed E-state index contributed by atoms with van der Waals surface area (Å²) in [6.45, 7) is 8.24. The average molecular weight is 444 g/mol. The van der Waals surface area contributed by atoms with Crippen molar-refractivity contribution in [2.24, 2.45) is 7.05 Å². The summed E-state index contributed by atoms with van der Waals surface area (Å²) in [6, 6.07) is 8.03. The number of carbonyl (C=O) groups excluding carboxylic acids is 1. The number of anilines is 1. The summed E-state index contributed by atoms with van der Waals surface area (Å²) in [4.78, 5) is 18.0. The van der Waals surface area contributed by atoms with Crippen molar-refractivity contribution in [1.29, 1.82) is 0 Å². The van der Waals surface area contributed by atoms with Crippen LogP contribution in [0.15, 0.2) is 35.2 Å². The second kappa shape index (κ2) is 9.15. The number of aryl methyl sites for hydroxylation is 2. The standard InChI is InChI=1S/C22H29N5O3S/c1-6-7-11-23-31(29,30)17-10-8-9-16(12-17)24-22(28)18-13-19(14(2)3)25-21-20(18)15(4)26-27(21)5/h8-10,12-14,23H,6-7,11H2,1-5H3,(H,24,28). The number of hydrogen-bond donors (Lipinski definition) is 2. The van der Waals surface area contributed by atoms with Crippen LogP contribution < -0.4 is 10.0 Å². The van der Waals surface area contributed by atoms with E-state index in [2.05, 4.69) is 20.1 Å². The van der Waals surface area contributed by atoms with Crippen molar-refractivity contribution in [3.8, 4) is 0 Å². The van der Waals surface area contributed by atoms with Gasteiger partial charge in [-0.3, -0.25) is 9.48 Å². The predicted molar refractivity (Wildman–Crippen MR) is 122 cm³/mol. The van der Waals surface area contributed by atoms with Gasteiger partial charge >= 0.3 is 0 Å². The van der Waals surface area contributed by atoms with Crippen molar-refractivity contribution in [2.75, 3.05) is 11.9 Å². The number of nitrogens with one attached hydrogen (secondary N) is 2. The maximum atomic E-state index is 13.2. The molecule has 0 saturated carbocycles. The molecule has 0 atom stereocenters. The third kappa shape index (κ3) is 4.94. The summed E-state index contributed by atoms with van der Waals surface area (Å²) in [5, 5.41) is 7.94. The number of rotatable bonds is 8. The molecule has 0 spiro atoms. The Balaban J connectivity index is 1.95. The fraction of sp³-hybridized carbons (Fsp3) is 0.409. The van der Waals surface area contributed by atoms with Crippen LogP contribution >= 0.6 is 0 Å². The van der Waals surface area contributed by atoms with Gasteiger partial charge in [-0.2, -0.15) is 5.10 Å². The molecule has 9 heteroatoms. The molecular formula is C22H29N5O3S. The van der Waals surface area contributed by atoms with Crippen LogP contribution in [0.3, 0.4) is 0 Å². The largest absolute Gasteiger partial charge is 0.322 e. The third-order valence-corrected chi connectivity index (χ3v) is 6.51. The molecule has 1 amide bonds. The van der Waals surface area contributed by atoms with E-state index >= 15 is 0 Å². The van der Waals surface area contributed by atoms with Gasteiger partial charge in [0.2, 0.25) is 10.0 Å². The van der Waals surface area contributed by atoms with Gasteiger partial charge in [-0.25, -0.2) is 18.1 Å². The van der Waals surface area contributed by atoms with E-state index in [1.807, 2.05) is 27.7 Å². The highest BCUT2D eigenvalue weighted by molar-refractivity contribution is 7.89. The second-order valence-electron chi connectivity index (χ2n) is 7.89. The Morgan fingerprint density at radius 3 is 2.65 bits per heavy atom. The van der Waals surface area contributed by atoms with E-state index < -0.39 is 10.0 Å². The fourth-order valence-corrected chi connectivity index (χ4v) is 4.46. The number of pyridine rings is 1. The molecule has 2 heterocycles. The van der Waals surface area contributed by atoms with Gasteiger partial charge in [0.05, 0.1) is 21.5 Å². The maximum Gasteiger partial charge on any atom is 0.256 e. The highest BCUT2D eigenvalue weighted by atomic mass is 32.2.